The Morgan fingerprint density at radius 2 is 2.00 bits per heavy atom. The van der Waals surface area contributed by atoms with Crippen molar-refractivity contribution in [1.29, 1.82) is 0 Å². The normalized spacial score (nSPS) is 14.6. The van der Waals surface area contributed by atoms with Crippen LogP contribution in [0.2, 0.25) is 0 Å². The van der Waals surface area contributed by atoms with Crippen LogP contribution in [0.4, 0.5) is 0 Å². The molecule has 1 aliphatic rings. The van der Waals surface area contributed by atoms with Crippen molar-refractivity contribution in [2.75, 3.05) is 20.2 Å². The van der Waals surface area contributed by atoms with Gasteiger partial charge in [-0.3, -0.25) is 14.5 Å². The molecule has 1 aromatic carbocycles. The third-order valence-corrected chi connectivity index (χ3v) is 6.51. The lowest BCUT2D eigenvalue weighted by atomic mass is 10.1. The minimum Gasteiger partial charge on any atom is -0.496 e. The molecule has 0 saturated carbocycles. The first-order valence-electron chi connectivity index (χ1n) is 12.0. The Labute approximate surface area is 208 Å². The second-order valence-electron chi connectivity index (χ2n) is 8.89. The lowest BCUT2D eigenvalue weighted by Crippen LogP contribution is -2.32. The molecular weight excluding hydrogens is 458 g/mol. The molecule has 0 fully saturated rings. The molecule has 186 valence electrons. The Morgan fingerprint density at radius 1 is 1.17 bits per heavy atom. The van der Waals surface area contributed by atoms with Gasteiger partial charge < -0.3 is 19.0 Å². The van der Waals surface area contributed by atoms with E-state index in [0.717, 1.165) is 11.3 Å². The number of fused-ring (bicyclic) bond motifs is 1. The molecular formula is C27H29N5O4. The van der Waals surface area contributed by atoms with Crippen molar-refractivity contribution in [2.24, 2.45) is 0 Å². The van der Waals surface area contributed by atoms with Crippen molar-refractivity contribution in [3.05, 3.63) is 100 Å². The van der Waals surface area contributed by atoms with Gasteiger partial charge in [-0.05, 0) is 31.2 Å². The smallest absolute Gasteiger partial charge is 0.257 e. The number of methoxy groups -OCH3 is 1. The van der Waals surface area contributed by atoms with Crippen LogP contribution < -0.4 is 15.6 Å². The van der Waals surface area contributed by atoms with E-state index in [1.165, 1.54) is 13.2 Å². The van der Waals surface area contributed by atoms with Crippen molar-refractivity contribution in [2.45, 2.75) is 32.5 Å². The number of ether oxygens (including phenoxy) is 1. The van der Waals surface area contributed by atoms with Crippen molar-refractivity contribution >= 4 is 5.91 Å². The van der Waals surface area contributed by atoms with Gasteiger partial charge in [-0.2, -0.15) is 5.10 Å². The van der Waals surface area contributed by atoms with E-state index in [-0.39, 0.29) is 23.3 Å². The SMILES string of the molecule is COc1cc(=O)n2c(c1C(=O)NC(C)c1ccco1)CCN(Cc1cnn(-c3ccccc3)c1)CC2. The molecule has 4 heterocycles. The van der Waals surface area contributed by atoms with Crippen molar-refractivity contribution in [1.82, 2.24) is 24.6 Å². The average molecular weight is 488 g/mol. The highest BCUT2D eigenvalue weighted by molar-refractivity contribution is 5.98. The molecule has 1 aliphatic heterocycles. The number of nitrogens with one attached hydrogen (secondary N) is 1. The summed E-state index contributed by atoms with van der Waals surface area (Å²) in [6.45, 7) is 4.41. The highest BCUT2D eigenvalue weighted by atomic mass is 16.5. The molecule has 1 N–H and O–H groups in total. The second-order valence-corrected chi connectivity index (χ2v) is 8.89. The minimum absolute atomic E-state index is 0.170. The van der Waals surface area contributed by atoms with E-state index < -0.39 is 0 Å². The van der Waals surface area contributed by atoms with Crippen LogP contribution in [0.25, 0.3) is 5.69 Å². The quantitative estimate of drug-likeness (QED) is 0.430. The number of hydrogen-bond donors (Lipinski definition) is 1. The van der Waals surface area contributed by atoms with Gasteiger partial charge in [0, 0.05) is 56.1 Å². The maximum Gasteiger partial charge on any atom is 0.257 e. The first kappa shape index (κ1) is 23.6. The van der Waals surface area contributed by atoms with Gasteiger partial charge >= 0.3 is 0 Å². The number of carbonyl (C=O) groups excluding carboxylic acids is 1. The first-order chi connectivity index (χ1) is 17.5. The number of furan rings is 1. The molecule has 0 bridgehead atoms. The van der Waals surface area contributed by atoms with Gasteiger partial charge in [0.15, 0.2) is 0 Å². The molecule has 0 spiro atoms. The zero-order valence-electron chi connectivity index (χ0n) is 20.4. The summed E-state index contributed by atoms with van der Waals surface area (Å²) in [6.07, 6.45) is 6.01. The molecule has 36 heavy (non-hydrogen) atoms. The predicted molar refractivity (Wildman–Crippen MR) is 134 cm³/mol. The number of para-hydroxylation sites is 1. The summed E-state index contributed by atoms with van der Waals surface area (Å²) in [6, 6.07) is 14.6. The van der Waals surface area contributed by atoms with Crippen molar-refractivity contribution < 1.29 is 13.9 Å². The molecule has 0 saturated heterocycles. The van der Waals surface area contributed by atoms with E-state index >= 15 is 0 Å². The Kier molecular flexibility index (Phi) is 6.73. The summed E-state index contributed by atoms with van der Waals surface area (Å²) in [7, 11) is 1.48. The van der Waals surface area contributed by atoms with E-state index in [0.29, 0.717) is 49.6 Å². The van der Waals surface area contributed by atoms with E-state index in [4.69, 9.17) is 9.15 Å². The zero-order valence-corrected chi connectivity index (χ0v) is 20.4. The molecule has 1 amide bonds. The van der Waals surface area contributed by atoms with Crippen LogP contribution in [-0.4, -0.2) is 45.4 Å². The fraction of sp³-hybridized carbons (Fsp3) is 0.296. The summed E-state index contributed by atoms with van der Waals surface area (Å²) in [5.41, 5.74) is 3.00. The number of hydrogen-bond acceptors (Lipinski definition) is 6. The lowest BCUT2D eigenvalue weighted by Gasteiger charge is -2.19. The van der Waals surface area contributed by atoms with Gasteiger partial charge in [0.25, 0.3) is 11.5 Å². The van der Waals surface area contributed by atoms with Gasteiger partial charge in [-0.25, -0.2) is 4.68 Å². The summed E-state index contributed by atoms with van der Waals surface area (Å²) in [4.78, 5) is 28.5. The molecule has 0 aliphatic carbocycles. The predicted octanol–water partition coefficient (Wildman–Crippen LogP) is 3.18. The number of rotatable bonds is 7. The maximum atomic E-state index is 13.4. The number of benzene rings is 1. The topological polar surface area (TPSA) is 94.5 Å². The van der Waals surface area contributed by atoms with E-state index in [1.54, 1.807) is 16.9 Å². The van der Waals surface area contributed by atoms with Crippen molar-refractivity contribution in [3.63, 3.8) is 0 Å². The third kappa shape index (κ3) is 4.83. The molecule has 3 aromatic heterocycles. The van der Waals surface area contributed by atoms with Crippen LogP contribution in [0.5, 0.6) is 5.75 Å². The highest BCUT2D eigenvalue weighted by Crippen LogP contribution is 2.24. The standard InChI is InChI=1S/C27H29N5O4/c1-19(23-9-6-14-36-23)29-27(34)26-22-10-11-30(12-13-31(22)25(33)15-24(26)35-2)17-20-16-28-32(18-20)21-7-4-3-5-8-21/h3-9,14-16,18-19H,10-13,17H2,1-2H3,(H,29,34). The summed E-state index contributed by atoms with van der Waals surface area (Å²) in [5.74, 6) is 0.647. The van der Waals surface area contributed by atoms with Gasteiger partial charge in [-0.1, -0.05) is 18.2 Å². The number of pyridine rings is 1. The number of aromatic nitrogens is 3. The van der Waals surface area contributed by atoms with E-state index in [2.05, 4.69) is 15.3 Å². The molecule has 0 radical (unpaired) electrons. The Morgan fingerprint density at radius 3 is 2.75 bits per heavy atom. The zero-order chi connectivity index (χ0) is 25.1. The highest BCUT2D eigenvalue weighted by Gasteiger charge is 2.26. The summed E-state index contributed by atoms with van der Waals surface area (Å²) >= 11 is 0. The first-order valence-corrected chi connectivity index (χ1v) is 12.0. The monoisotopic (exact) mass is 487 g/mol. The van der Waals surface area contributed by atoms with Crippen LogP contribution in [-0.2, 0) is 19.5 Å². The fourth-order valence-corrected chi connectivity index (χ4v) is 4.66. The number of carbonyl (C=O) groups is 1. The van der Waals surface area contributed by atoms with Crippen molar-refractivity contribution in [3.8, 4) is 11.4 Å². The Balaban J connectivity index is 1.36. The largest absolute Gasteiger partial charge is 0.496 e. The van der Waals surface area contributed by atoms with Crippen LogP contribution >= 0.6 is 0 Å². The Bertz CT molecular complexity index is 1390. The van der Waals surface area contributed by atoms with Gasteiger partial charge in [0.05, 0.1) is 31.3 Å². The lowest BCUT2D eigenvalue weighted by molar-refractivity contribution is 0.0930. The molecule has 4 aromatic rings. The van der Waals surface area contributed by atoms with Crippen LogP contribution in [0.3, 0.4) is 0 Å². The molecule has 1 atom stereocenters. The van der Waals surface area contributed by atoms with Crippen LogP contribution in [0, 0.1) is 0 Å². The van der Waals surface area contributed by atoms with E-state index in [1.807, 2.05) is 60.4 Å². The number of amides is 1. The van der Waals surface area contributed by atoms with Crippen LogP contribution in [0.1, 0.15) is 40.3 Å². The summed E-state index contributed by atoms with van der Waals surface area (Å²) < 4.78 is 14.5. The molecule has 9 nitrogen and oxygen atoms in total. The molecule has 9 heteroatoms. The summed E-state index contributed by atoms with van der Waals surface area (Å²) in [5, 5.41) is 7.48. The second kappa shape index (κ2) is 10.2. The minimum atomic E-state index is -0.326. The number of nitrogens with zero attached hydrogens (tertiary/aromatic N) is 4. The average Bonchev–Trinajstić information content (AvgIpc) is 3.55. The maximum absolute atomic E-state index is 13.4. The van der Waals surface area contributed by atoms with Gasteiger partial charge in [0.1, 0.15) is 17.1 Å². The van der Waals surface area contributed by atoms with Gasteiger partial charge in [0.2, 0.25) is 0 Å². The Hall–Kier alpha value is -4.11. The molecule has 5 rings (SSSR count). The van der Waals surface area contributed by atoms with Crippen LogP contribution in [0.15, 0.2) is 76.4 Å². The van der Waals surface area contributed by atoms with E-state index in [9.17, 15) is 9.59 Å². The van der Waals surface area contributed by atoms with Gasteiger partial charge in [-0.15, -0.1) is 0 Å². The fourth-order valence-electron chi connectivity index (χ4n) is 4.66. The third-order valence-electron chi connectivity index (χ3n) is 6.51. The molecule has 1 unspecified atom stereocenters.